The van der Waals surface area contributed by atoms with E-state index in [1.54, 1.807) is 38.5 Å². The number of hydrogen-bond acceptors (Lipinski definition) is 7. The molecule has 0 saturated heterocycles. The maximum atomic E-state index is 9.99. The predicted molar refractivity (Wildman–Crippen MR) is 347 cm³/mol. The molecule has 0 bridgehead atoms. The van der Waals surface area contributed by atoms with Crippen molar-refractivity contribution in [2.24, 2.45) is 10.8 Å². The van der Waals surface area contributed by atoms with Crippen LogP contribution >= 0.6 is 0 Å². The van der Waals surface area contributed by atoms with Crippen LogP contribution < -0.4 is 28.4 Å². The van der Waals surface area contributed by atoms with Gasteiger partial charge in [-0.1, -0.05) is 177 Å². The summed E-state index contributed by atoms with van der Waals surface area (Å²) in [5.74, 6) is 5.91. The molecule has 2 atom stereocenters. The van der Waals surface area contributed by atoms with Gasteiger partial charge in [-0.25, -0.2) is 0 Å². The third-order valence-corrected chi connectivity index (χ3v) is 21.4. The van der Waals surface area contributed by atoms with Crippen LogP contribution in [0.25, 0.3) is 39.1 Å². The minimum Gasteiger partial charge on any atom is -0.508 e. The fraction of sp³-hybridized carbons (Fsp3) is 0.351. The van der Waals surface area contributed by atoms with Crippen LogP contribution in [-0.2, 0) is 11.0 Å². The fourth-order valence-corrected chi connectivity index (χ4v) is 17.2. The molecule has 1 aliphatic heterocycles. The van der Waals surface area contributed by atoms with Gasteiger partial charge in [0.05, 0.1) is 29.2 Å². The smallest absolute Gasteiger partial charge is 0.178 e. The van der Waals surface area contributed by atoms with E-state index in [0.29, 0.717) is 28.7 Å². The van der Waals surface area contributed by atoms with Crippen LogP contribution in [0.5, 0.6) is 51.7 Å². The molecule has 1 saturated carbocycles. The molecule has 1 fully saturated rings. The van der Waals surface area contributed by atoms with Gasteiger partial charge in [-0.15, -0.1) is 0 Å². The van der Waals surface area contributed by atoms with E-state index in [1.807, 2.05) is 48.5 Å². The highest BCUT2D eigenvalue weighted by Crippen LogP contribution is 2.67. The van der Waals surface area contributed by atoms with Gasteiger partial charge in [0.15, 0.2) is 17.1 Å². The van der Waals surface area contributed by atoms with E-state index in [0.717, 1.165) is 70.2 Å². The van der Waals surface area contributed by atoms with Crippen molar-refractivity contribution in [2.45, 2.75) is 135 Å². The molecule has 0 radical (unpaired) electrons. The van der Waals surface area contributed by atoms with Crippen LogP contribution in [0.1, 0.15) is 120 Å². The lowest BCUT2D eigenvalue weighted by Gasteiger charge is -2.52. The Hall–Kier alpha value is -7.21. The molecule has 0 aromatic heterocycles. The molecular weight excluding hydrogens is 1060 g/mol. The van der Waals surface area contributed by atoms with E-state index >= 15 is 0 Å². The number of rotatable bonds is 22. The van der Waals surface area contributed by atoms with Crippen molar-refractivity contribution < 1.29 is 33.5 Å². The average Bonchev–Trinajstić information content (AvgIpc) is 1.66. The monoisotopic (exact) mass is 1140 g/mol. The molecule has 9 heteroatoms. The van der Waals surface area contributed by atoms with Crippen molar-refractivity contribution in [3.63, 3.8) is 0 Å². The molecule has 1 spiro atoms. The Balaban J connectivity index is 0.938. The first-order chi connectivity index (χ1) is 40.1. The van der Waals surface area contributed by atoms with Gasteiger partial charge in [0.25, 0.3) is 0 Å². The van der Waals surface area contributed by atoms with Crippen LogP contribution in [0.2, 0.25) is 31.7 Å². The number of ether oxygens (including phenoxy) is 6. The fourth-order valence-electron chi connectivity index (χ4n) is 14.5. The second kappa shape index (κ2) is 24.2. The van der Waals surface area contributed by atoms with E-state index in [9.17, 15) is 5.11 Å². The van der Waals surface area contributed by atoms with Gasteiger partial charge >= 0.3 is 0 Å². The summed E-state index contributed by atoms with van der Waals surface area (Å²) in [6.45, 7) is 17.2. The number of phenols is 1. The van der Waals surface area contributed by atoms with E-state index in [-0.39, 0.29) is 22.0 Å². The normalized spacial score (nSPS) is 17.3. The largest absolute Gasteiger partial charge is 0.508 e. The second-order valence-corrected chi connectivity index (χ2v) is 32.6. The number of benzene rings is 8. The summed E-state index contributed by atoms with van der Waals surface area (Å²) in [4.78, 5) is 0. The summed E-state index contributed by atoms with van der Waals surface area (Å²) >= 11 is 0. The number of unbranched alkanes of at least 4 members (excludes halogenated alkanes) is 6. The number of hydrogen-bond donors (Lipinski definition) is 1. The lowest BCUT2D eigenvalue weighted by Crippen LogP contribution is -2.44. The highest BCUT2D eigenvalue weighted by molar-refractivity contribution is 6.57. The van der Waals surface area contributed by atoms with Gasteiger partial charge in [-0.2, -0.15) is 0 Å². The summed E-state index contributed by atoms with van der Waals surface area (Å²) in [6.07, 6.45) is 18.2. The molecule has 8 aromatic carbocycles. The lowest BCUT2D eigenvalue weighted by atomic mass is 9.52. The van der Waals surface area contributed by atoms with E-state index in [1.165, 1.54) is 90.4 Å². The molecule has 7 nitrogen and oxygen atoms in total. The van der Waals surface area contributed by atoms with Gasteiger partial charge in [-0.3, -0.25) is 0 Å². The Bertz CT molecular complexity index is 3550. The van der Waals surface area contributed by atoms with Crippen LogP contribution in [-0.4, -0.2) is 43.1 Å². The number of methoxy groups -OCH3 is 2. The SMILES string of the molecule is COc1cc2c3c(c4c(c2cc1OC)-c1ccc(-c2ccccc2)cc1C41CC(C)(C)CC(C)(C)C1)C=CC(c1ccc(Oc2ccc(O)cc2)cc1)(c1ccc(Oc2ccc(OC[SiH](C)CCCCCCCCC[SiH](C)C)cc2)cc1)O3. The molecule has 1 heterocycles. The van der Waals surface area contributed by atoms with Gasteiger partial charge < -0.3 is 33.5 Å². The van der Waals surface area contributed by atoms with E-state index < -0.39 is 23.2 Å². The first-order valence-electron chi connectivity index (χ1n) is 30.5. The minimum atomic E-state index is -1.10. The number of aromatic hydroxyl groups is 1. The van der Waals surface area contributed by atoms with Crippen LogP contribution in [0.4, 0.5) is 0 Å². The predicted octanol–water partition coefficient (Wildman–Crippen LogP) is 19.7. The average molecular weight is 1140 g/mol. The first kappa shape index (κ1) is 57.6. The van der Waals surface area contributed by atoms with Crippen LogP contribution in [0.15, 0.2) is 164 Å². The summed E-state index contributed by atoms with van der Waals surface area (Å²) < 4.78 is 39.4. The third kappa shape index (κ3) is 12.3. The summed E-state index contributed by atoms with van der Waals surface area (Å²) in [5.41, 5.74) is 9.15. The molecule has 83 heavy (non-hydrogen) atoms. The Kier molecular flexibility index (Phi) is 16.8. The topological polar surface area (TPSA) is 75.6 Å². The highest BCUT2D eigenvalue weighted by atomic mass is 28.3. The summed E-state index contributed by atoms with van der Waals surface area (Å²) in [6, 6.07) is 56.4. The first-order valence-corrected chi connectivity index (χ1v) is 36.4. The summed E-state index contributed by atoms with van der Waals surface area (Å²) in [7, 11) is 2.07. The van der Waals surface area contributed by atoms with Gasteiger partial charge in [-0.05, 0) is 166 Å². The van der Waals surface area contributed by atoms with E-state index in [2.05, 4.69) is 144 Å². The van der Waals surface area contributed by atoms with Crippen LogP contribution in [0.3, 0.4) is 0 Å². The second-order valence-electron chi connectivity index (χ2n) is 26.1. The van der Waals surface area contributed by atoms with Crippen molar-refractivity contribution in [1.29, 1.82) is 0 Å². The van der Waals surface area contributed by atoms with Gasteiger partial charge in [0.1, 0.15) is 40.2 Å². The quantitative estimate of drug-likeness (QED) is 0.0535. The summed E-state index contributed by atoms with van der Waals surface area (Å²) in [5, 5.41) is 12.0. The Morgan fingerprint density at radius 1 is 0.530 bits per heavy atom. The van der Waals surface area contributed by atoms with E-state index in [4.69, 9.17) is 28.4 Å². The van der Waals surface area contributed by atoms with Crippen LogP contribution in [0, 0.1) is 10.8 Å². The van der Waals surface area contributed by atoms with Crippen molar-refractivity contribution >= 4 is 34.4 Å². The third-order valence-electron chi connectivity index (χ3n) is 17.7. The molecule has 8 aromatic rings. The zero-order chi connectivity index (χ0) is 57.9. The standard InChI is InChI=1S/C74H84O7Si2/c1-71(2)47-72(3,4)49-73(48-71)65-44-52(51-20-16-15-17-21-51)22-39-61(65)68-63-45-66(76-5)67(77-6)46-64(63)70-62(69(68)73)40-41-74(81-70,53-23-29-57(30-24-53)79-59-33-27-55(75)28-34-59)54-25-31-58(32-26-54)80-60-37-35-56(36-38-60)78-50-83(9)43-19-14-12-10-11-13-18-42-82(7)8/h15-17,20-41,44-46,75,82-83H,10-14,18-19,42-43,47-50H2,1-9H3. The molecule has 2 aliphatic carbocycles. The van der Waals surface area contributed by atoms with Crippen molar-refractivity contribution in [3.8, 4) is 74.0 Å². The Morgan fingerprint density at radius 2 is 1.05 bits per heavy atom. The number of fused-ring (bicyclic) bond motifs is 10. The zero-order valence-electron chi connectivity index (χ0n) is 50.4. The molecule has 11 rings (SSSR count). The Labute approximate surface area is 496 Å². The zero-order valence-corrected chi connectivity index (χ0v) is 52.7. The molecule has 2 unspecified atom stereocenters. The van der Waals surface area contributed by atoms with Gasteiger partial charge in [0, 0.05) is 36.3 Å². The molecule has 430 valence electrons. The maximum Gasteiger partial charge on any atom is 0.178 e. The molecule has 3 aliphatic rings. The van der Waals surface area contributed by atoms with Gasteiger partial charge in [0.2, 0.25) is 0 Å². The Morgan fingerprint density at radius 3 is 1.61 bits per heavy atom. The number of phenolic OH excluding ortho intramolecular Hbond substituents is 1. The maximum absolute atomic E-state index is 9.99. The van der Waals surface area contributed by atoms with Crippen molar-refractivity contribution in [1.82, 2.24) is 0 Å². The lowest BCUT2D eigenvalue weighted by molar-refractivity contribution is 0.0642. The molecule has 1 N–H and O–H groups in total. The molecule has 0 amide bonds. The van der Waals surface area contributed by atoms with Crippen molar-refractivity contribution in [3.05, 3.63) is 192 Å². The minimum absolute atomic E-state index is 0.0292. The molecular formula is C74H84O7Si2. The van der Waals surface area contributed by atoms with Crippen molar-refractivity contribution in [2.75, 3.05) is 20.4 Å². The highest BCUT2D eigenvalue weighted by Gasteiger charge is 2.56.